The standard InChI is InChI=1S/C15H13NO2/c1-11(17)14-8-7-12(10-16)9-15(14)18-13-5-3-2-4-6-13/h2-9,11,17H,1H3. The molecule has 1 N–H and O–H groups in total. The van der Waals surface area contributed by atoms with Gasteiger partial charge in [-0.1, -0.05) is 24.3 Å². The number of nitriles is 1. The lowest BCUT2D eigenvalue weighted by Crippen LogP contribution is -1.96. The predicted molar refractivity (Wildman–Crippen MR) is 68.3 cm³/mol. The number of rotatable bonds is 3. The molecule has 0 bridgehead atoms. The molecule has 0 saturated heterocycles. The van der Waals surface area contributed by atoms with E-state index in [0.29, 0.717) is 22.6 Å². The van der Waals surface area contributed by atoms with E-state index in [-0.39, 0.29) is 0 Å². The van der Waals surface area contributed by atoms with Crippen LogP contribution in [0.1, 0.15) is 24.2 Å². The molecule has 2 rings (SSSR count). The third-order valence-corrected chi connectivity index (χ3v) is 2.56. The van der Waals surface area contributed by atoms with Crippen molar-refractivity contribution in [3.05, 3.63) is 59.7 Å². The molecule has 90 valence electrons. The molecule has 2 aromatic carbocycles. The summed E-state index contributed by atoms with van der Waals surface area (Å²) in [5, 5.41) is 18.6. The summed E-state index contributed by atoms with van der Waals surface area (Å²) in [6.07, 6.45) is -0.642. The molecule has 1 atom stereocenters. The highest BCUT2D eigenvalue weighted by Gasteiger charge is 2.11. The molecule has 0 radical (unpaired) electrons. The number of aliphatic hydroxyl groups excluding tert-OH is 1. The van der Waals surface area contributed by atoms with Crippen molar-refractivity contribution in [1.29, 1.82) is 5.26 Å². The number of hydrogen-bond acceptors (Lipinski definition) is 3. The quantitative estimate of drug-likeness (QED) is 0.893. The highest BCUT2D eigenvalue weighted by atomic mass is 16.5. The minimum Gasteiger partial charge on any atom is -0.457 e. The fraction of sp³-hybridized carbons (Fsp3) is 0.133. The maximum Gasteiger partial charge on any atom is 0.134 e. The van der Waals surface area contributed by atoms with Crippen molar-refractivity contribution in [2.24, 2.45) is 0 Å². The average molecular weight is 239 g/mol. The van der Waals surface area contributed by atoms with Gasteiger partial charge in [-0.05, 0) is 31.2 Å². The maximum absolute atomic E-state index is 9.68. The minimum atomic E-state index is -0.642. The molecule has 2 aromatic rings. The summed E-state index contributed by atoms with van der Waals surface area (Å²) < 4.78 is 5.70. The second kappa shape index (κ2) is 5.35. The van der Waals surface area contributed by atoms with Gasteiger partial charge in [0.15, 0.2) is 0 Å². The summed E-state index contributed by atoms with van der Waals surface area (Å²) in [6.45, 7) is 1.67. The van der Waals surface area contributed by atoms with Gasteiger partial charge < -0.3 is 9.84 Å². The lowest BCUT2D eigenvalue weighted by Gasteiger charge is -2.13. The topological polar surface area (TPSA) is 53.2 Å². The van der Waals surface area contributed by atoms with Crippen LogP contribution in [0.4, 0.5) is 0 Å². The number of hydrogen-bond donors (Lipinski definition) is 1. The van der Waals surface area contributed by atoms with Crippen LogP contribution in [0.2, 0.25) is 0 Å². The van der Waals surface area contributed by atoms with Crippen LogP contribution < -0.4 is 4.74 Å². The first-order valence-corrected chi connectivity index (χ1v) is 5.65. The zero-order valence-corrected chi connectivity index (χ0v) is 10.00. The SMILES string of the molecule is CC(O)c1ccc(C#N)cc1Oc1ccccc1. The number of aliphatic hydroxyl groups is 1. The molecule has 0 aliphatic heterocycles. The van der Waals surface area contributed by atoms with Crippen LogP contribution in [0.3, 0.4) is 0 Å². The van der Waals surface area contributed by atoms with Crippen LogP contribution in [0.25, 0.3) is 0 Å². The van der Waals surface area contributed by atoms with Crippen molar-refractivity contribution >= 4 is 0 Å². The Kier molecular flexibility index (Phi) is 3.61. The van der Waals surface area contributed by atoms with E-state index in [1.165, 1.54) is 0 Å². The number of nitrogens with zero attached hydrogens (tertiary/aromatic N) is 1. The molecule has 1 unspecified atom stereocenters. The highest BCUT2D eigenvalue weighted by Crippen LogP contribution is 2.30. The van der Waals surface area contributed by atoms with E-state index in [1.54, 1.807) is 25.1 Å². The second-order valence-electron chi connectivity index (χ2n) is 3.96. The van der Waals surface area contributed by atoms with Crippen LogP contribution >= 0.6 is 0 Å². The van der Waals surface area contributed by atoms with Crippen molar-refractivity contribution in [3.8, 4) is 17.6 Å². The van der Waals surface area contributed by atoms with Gasteiger partial charge in [0, 0.05) is 5.56 Å². The first kappa shape index (κ1) is 12.2. The van der Waals surface area contributed by atoms with Gasteiger partial charge >= 0.3 is 0 Å². The van der Waals surface area contributed by atoms with Gasteiger partial charge in [0.25, 0.3) is 0 Å². The molecule has 0 saturated carbocycles. The Bertz CT molecular complexity index is 571. The fourth-order valence-electron chi connectivity index (χ4n) is 1.65. The molecule has 3 nitrogen and oxygen atoms in total. The van der Waals surface area contributed by atoms with Crippen molar-refractivity contribution in [2.75, 3.05) is 0 Å². The number of ether oxygens (including phenoxy) is 1. The summed E-state index contributed by atoms with van der Waals surface area (Å²) in [4.78, 5) is 0. The Morgan fingerprint density at radius 3 is 2.50 bits per heavy atom. The zero-order valence-electron chi connectivity index (χ0n) is 10.00. The summed E-state index contributed by atoms with van der Waals surface area (Å²) in [6, 6.07) is 16.3. The van der Waals surface area contributed by atoms with E-state index in [4.69, 9.17) is 10.00 Å². The Morgan fingerprint density at radius 2 is 1.89 bits per heavy atom. The van der Waals surface area contributed by atoms with Gasteiger partial charge in [-0.15, -0.1) is 0 Å². The van der Waals surface area contributed by atoms with Crippen molar-refractivity contribution < 1.29 is 9.84 Å². The van der Waals surface area contributed by atoms with E-state index >= 15 is 0 Å². The zero-order chi connectivity index (χ0) is 13.0. The van der Waals surface area contributed by atoms with E-state index in [9.17, 15) is 5.11 Å². The number of para-hydroxylation sites is 1. The Hall–Kier alpha value is -2.31. The van der Waals surface area contributed by atoms with Gasteiger partial charge in [-0.2, -0.15) is 5.26 Å². The van der Waals surface area contributed by atoms with Gasteiger partial charge in [0.05, 0.1) is 17.7 Å². The lowest BCUT2D eigenvalue weighted by atomic mass is 10.1. The van der Waals surface area contributed by atoms with Crippen molar-refractivity contribution in [3.63, 3.8) is 0 Å². The average Bonchev–Trinajstić information content (AvgIpc) is 2.39. The Labute approximate surface area is 106 Å². The molecule has 0 amide bonds. The first-order valence-electron chi connectivity index (χ1n) is 5.65. The molecule has 0 spiro atoms. The molecular formula is C15H13NO2. The van der Waals surface area contributed by atoms with Gasteiger partial charge in [-0.3, -0.25) is 0 Å². The molecule has 0 aliphatic rings. The van der Waals surface area contributed by atoms with Crippen LogP contribution in [-0.2, 0) is 0 Å². The highest BCUT2D eigenvalue weighted by molar-refractivity contribution is 5.45. The smallest absolute Gasteiger partial charge is 0.134 e. The number of benzene rings is 2. The minimum absolute atomic E-state index is 0.505. The summed E-state index contributed by atoms with van der Waals surface area (Å²) in [5.41, 5.74) is 1.17. The monoisotopic (exact) mass is 239 g/mol. The Morgan fingerprint density at radius 1 is 1.17 bits per heavy atom. The third kappa shape index (κ3) is 2.68. The summed E-state index contributed by atoms with van der Waals surface area (Å²) in [7, 11) is 0. The van der Waals surface area contributed by atoms with E-state index in [0.717, 1.165) is 0 Å². The molecule has 0 aromatic heterocycles. The van der Waals surface area contributed by atoms with Crippen LogP contribution in [0.15, 0.2) is 48.5 Å². The maximum atomic E-state index is 9.68. The van der Waals surface area contributed by atoms with Gasteiger partial charge in [0.1, 0.15) is 11.5 Å². The summed E-state index contributed by atoms with van der Waals surface area (Å²) >= 11 is 0. The molecule has 0 fully saturated rings. The van der Waals surface area contributed by atoms with Gasteiger partial charge in [-0.25, -0.2) is 0 Å². The molecule has 0 aliphatic carbocycles. The molecular weight excluding hydrogens is 226 g/mol. The lowest BCUT2D eigenvalue weighted by molar-refractivity contribution is 0.195. The predicted octanol–water partition coefficient (Wildman–Crippen LogP) is 3.40. The van der Waals surface area contributed by atoms with Crippen LogP contribution in [0, 0.1) is 11.3 Å². The molecule has 0 heterocycles. The van der Waals surface area contributed by atoms with Gasteiger partial charge in [0.2, 0.25) is 0 Å². The van der Waals surface area contributed by atoms with E-state index in [2.05, 4.69) is 6.07 Å². The molecule has 3 heteroatoms. The largest absolute Gasteiger partial charge is 0.457 e. The van der Waals surface area contributed by atoms with Crippen LogP contribution in [0.5, 0.6) is 11.5 Å². The van der Waals surface area contributed by atoms with E-state index < -0.39 is 6.10 Å². The van der Waals surface area contributed by atoms with Crippen molar-refractivity contribution in [1.82, 2.24) is 0 Å². The molecule has 18 heavy (non-hydrogen) atoms. The van der Waals surface area contributed by atoms with Crippen molar-refractivity contribution in [2.45, 2.75) is 13.0 Å². The second-order valence-corrected chi connectivity index (χ2v) is 3.96. The summed E-state index contributed by atoms with van der Waals surface area (Å²) in [5.74, 6) is 1.18. The first-order chi connectivity index (χ1) is 8.70. The third-order valence-electron chi connectivity index (χ3n) is 2.56. The van der Waals surface area contributed by atoms with Crippen LogP contribution in [-0.4, -0.2) is 5.11 Å². The Balaban J connectivity index is 2.39. The normalized spacial score (nSPS) is 11.6. The van der Waals surface area contributed by atoms with E-state index in [1.807, 2.05) is 30.3 Å². The fourth-order valence-corrected chi connectivity index (χ4v) is 1.65.